The molecule has 2 heterocycles. The van der Waals surface area contributed by atoms with Crippen molar-refractivity contribution in [3.63, 3.8) is 0 Å². The highest BCUT2D eigenvalue weighted by Crippen LogP contribution is 2.28. The van der Waals surface area contributed by atoms with Gasteiger partial charge in [0.25, 0.3) is 5.91 Å². The molecule has 20 heavy (non-hydrogen) atoms. The zero-order valence-corrected chi connectivity index (χ0v) is 12.5. The summed E-state index contributed by atoms with van der Waals surface area (Å²) >= 11 is 0. The molecule has 4 N–H and O–H groups in total. The molecule has 6 heteroatoms. The van der Waals surface area contributed by atoms with Gasteiger partial charge < -0.3 is 16.4 Å². The summed E-state index contributed by atoms with van der Waals surface area (Å²) in [5.41, 5.74) is 5.84. The second kappa shape index (κ2) is 5.01. The van der Waals surface area contributed by atoms with Crippen LogP contribution in [0.2, 0.25) is 0 Å². The maximum atomic E-state index is 12.2. The molecule has 0 spiro atoms. The third-order valence-electron chi connectivity index (χ3n) is 3.47. The first-order chi connectivity index (χ1) is 9.19. The molecular weight excluding hydrogens is 254 g/mol. The van der Waals surface area contributed by atoms with E-state index in [1.807, 2.05) is 0 Å². The van der Waals surface area contributed by atoms with E-state index < -0.39 is 0 Å². The van der Waals surface area contributed by atoms with E-state index in [-0.39, 0.29) is 34.5 Å². The number of carbonyl (C=O) groups is 1. The van der Waals surface area contributed by atoms with Crippen LogP contribution in [0.3, 0.4) is 0 Å². The van der Waals surface area contributed by atoms with Crippen molar-refractivity contribution in [2.75, 3.05) is 5.73 Å². The Bertz CT molecular complexity index is 496. The number of hydrogen-bond donors (Lipinski definition) is 3. The molecule has 2 rings (SSSR count). The van der Waals surface area contributed by atoms with Crippen molar-refractivity contribution in [2.24, 2.45) is 0 Å². The van der Waals surface area contributed by atoms with Gasteiger partial charge in [-0.25, -0.2) is 9.97 Å². The maximum Gasteiger partial charge on any atom is 0.273 e. The molecule has 0 saturated carbocycles. The van der Waals surface area contributed by atoms with Crippen molar-refractivity contribution in [3.05, 3.63) is 18.1 Å². The number of anilines is 1. The number of rotatable bonds is 2. The summed E-state index contributed by atoms with van der Waals surface area (Å²) in [7, 11) is 0. The molecule has 6 nitrogen and oxygen atoms in total. The van der Waals surface area contributed by atoms with Crippen LogP contribution in [0.15, 0.2) is 12.4 Å². The van der Waals surface area contributed by atoms with Crippen molar-refractivity contribution in [1.82, 2.24) is 20.6 Å². The van der Waals surface area contributed by atoms with Gasteiger partial charge in [-0.1, -0.05) is 0 Å². The molecule has 0 aromatic carbocycles. The first-order valence-electron chi connectivity index (χ1n) is 6.85. The molecule has 1 aliphatic heterocycles. The summed E-state index contributed by atoms with van der Waals surface area (Å²) in [4.78, 5) is 20.1. The minimum atomic E-state index is -0.255. The van der Waals surface area contributed by atoms with Gasteiger partial charge in [0.2, 0.25) is 0 Å². The summed E-state index contributed by atoms with van der Waals surface area (Å²) in [6, 6.07) is 0.0927. The Morgan fingerprint density at radius 3 is 2.35 bits per heavy atom. The quantitative estimate of drug-likeness (QED) is 0.752. The smallest absolute Gasteiger partial charge is 0.273 e. The van der Waals surface area contributed by atoms with Crippen molar-refractivity contribution in [1.29, 1.82) is 0 Å². The Hall–Kier alpha value is -1.69. The molecule has 0 bridgehead atoms. The van der Waals surface area contributed by atoms with Crippen LogP contribution >= 0.6 is 0 Å². The molecule has 1 amide bonds. The van der Waals surface area contributed by atoms with Crippen LogP contribution in [-0.4, -0.2) is 33.0 Å². The number of piperidine rings is 1. The Balaban J connectivity index is 2.10. The van der Waals surface area contributed by atoms with E-state index in [2.05, 4.69) is 48.3 Å². The number of nitrogen functional groups attached to an aromatic ring is 1. The third kappa shape index (κ3) is 3.45. The lowest BCUT2D eigenvalue weighted by Gasteiger charge is -2.46. The molecule has 1 fully saturated rings. The number of amides is 1. The fourth-order valence-corrected chi connectivity index (χ4v) is 3.20. The monoisotopic (exact) mass is 277 g/mol. The van der Waals surface area contributed by atoms with Gasteiger partial charge in [-0.05, 0) is 40.5 Å². The zero-order valence-electron chi connectivity index (χ0n) is 12.5. The van der Waals surface area contributed by atoms with Crippen LogP contribution < -0.4 is 16.4 Å². The lowest BCUT2D eigenvalue weighted by atomic mass is 9.79. The van der Waals surface area contributed by atoms with Crippen LogP contribution in [-0.2, 0) is 0 Å². The molecular formula is C14H23N5O. The van der Waals surface area contributed by atoms with Crippen LogP contribution in [0.4, 0.5) is 5.82 Å². The summed E-state index contributed by atoms with van der Waals surface area (Å²) in [5, 5.41) is 6.61. The van der Waals surface area contributed by atoms with Crippen molar-refractivity contribution in [3.8, 4) is 0 Å². The van der Waals surface area contributed by atoms with E-state index in [0.717, 1.165) is 12.8 Å². The number of carbonyl (C=O) groups excluding carboxylic acids is 1. The molecule has 1 saturated heterocycles. The van der Waals surface area contributed by atoms with E-state index in [9.17, 15) is 4.79 Å². The predicted molar refractivity (Wildman–Crippen MR) is 78.2 cm³/mol. The average Bonchev–Trinajstić information content (AvgIpc) is 2.24. The highest BCUT2D eigenvalue weighted by Gasteiger charge is 2.38. The van der Waals surface area contributed by atoms with Gasteiger partial charge in [0.05, 0.1) is 0 Å². The minimum absolute atomic E-state index is 0.0202. The van der Waals surface area contributed by atoms with Crippen molar-refractivity contribution >= 4 is 11.7 Å². The van der Waals surface area contributed by atoms with Gasteiger partial charge in [-0.15, -0.1) is 0 Å². The molecule has 110 valence electrons. The summed E-state index contributed by atoms with van der Waals surface area (Å²) < 4.78 is 0. The van der Waals surface area contributed by atoms with Crippen LogP contribution in [0.1, 0.15) is 51.0 Å². The number of nitrogens with two attached hydrogens (primary N) is 1. The van der Waals surface area contributed by atoms with Crippen LogP contribution in [0, 0.1) is 0 Å². The standard InChI is InChI=1S/C14H23N5O/c1-13(2)7-9(8-14(3,4)19-13)18-12(20)10-11(15)17-6-5-16-10/h5-6,9,19H,7-8H2,1-4H3,(H2,15,17)(H,18,20). The van der Waals surface area contributed by atoms with E-state index in [0.29, 0.717) is 0 Å². The Morgan fingerprint density at radius 2 is 1.80 bits per heavy atom. The molecule has 1 aromatic rings. The first-order valence-corrected chi connectivity index (χ1v) is 6.85. The summed E-state index contributed by atoms with van der Waals surface area (Å²) in [6.45, 7) is 8.57. The molecule has 1 aromatic heterocycles. The number of aromatic nitrogens is 2. The predicted octanol–water partition coefficient (Wildman–Crippen LogP) is 1.10. The van der Waals surface area contributed by atoms with Gasteiger partial charge in [0, 0.05) is 29.5 Å². The fraction of sp³-hybridized carbons (Fsp3) is 0.643. The maximum absolute atomic E-state index is 12.2. The Morgan fingerprint density at radius 1 is 1.25 bits per heavy atom. The summed E-state index contributed by atoms with van der Waals surface area (Å²) in [6.07, 6.45) is 4.68. The zero-order chi connectivity index (χ0) is 15.0. The molecule has 0 aliphatic carbocycles. The van der Waals surface area contributed by atoms with Crippen molar-refractivity contribution < 1.29 is 4.79 Å². The van der Waals surface area contributed by atoms with Gasteiger partial charge in [-0.2, -0.15) is 0 Å². The van der Waals surface area contributed by atoms with E-state index in [1.54, 1.807) is 0 Å². The molecule has 0 atom stereocenters. The highest BCUT2D eigenvalue weighted by molar-refractivity contribution is 5.96. The number of hydrogen-bond acceptors (Lipinski definition) is 5. The average molecular weight is 277 g/mol. The highest BCUT2D eigenvalue weighted by atomic mass is 16.2. The Labute approximate surface area is 119 Å². The van der Waals surface area contributed by atoms with Gasteiger partial charge >= 0.3 is 0 Å². The van der Waals surface area contributed by atoms with Gasteiger partial charge in [-0.3, -0.25) is 4.79 Å². The molecule has 1 aliphatic rings. The van der Waals surface area contributed by atoms with Crippen LogP contribution in [0.5, 0.6) is 0 Å². The summed E-state index contributed by atoms with van der Waals surface area (Å²) in [5.74, 6) is -0.0912. The third-order valence-corrected chi connectivity index (χ3v) is 3.47. The van der Waals surface area contributed by atoms with E-state index >= 15 is 0 Å². The molecule has 0 radical (unpaired) electrons. The second-order valence-corrected chi connectivity index (χ2v) is 6.76. The number of nitrogens with one attached hydrogen (secondary N) is 2. The Kier molecular flexibility index (Phi) is 3.69. The van der Waals surface area contributed by atoms with E-state index in [4.69, 9.17) is 5.73 Å². The fourth-order valence-electron chi connectivity index (χ4n) is 3.20. The normalized spacial score (nSPS) is 21.4. The topological polar surface area (TPSA) is 92.9 Å². The lowest BCUT2D eigenvalue weighted by molar-refractivity contribution is 0.0869. The number of nitrogens with zero attached hydrogens (tertiary/aromatic N) is 2. The largest absolute Gasteiger partial charge is 0.382 e. The van der Waals surface area contributed by atoms with Crippen molar-refractivity contribution in [2.45, 2.75) is 57.7 Å². The lowest BCUT2D eigenvalue weighted by Crippen LogP contribution is -2.62. The van der Waals surface area contributed by atoms with E-state index in [1.165, 1.54) is 12.4 Å². The first kappa shape index (κ1) is 14.7. The SMILES string of the molecule is CC1(C)CC(NC(=O)c2nccnc2N)CC(C)(C)N1. The van der Waals surface area contributed by atoms with Gasteiger partial charge in [0.1, 0.15) is 0 Å². The van der Waals surface area contributed by atoms with Gasteiger partial charge in [0.15, 0.2) is 11.5 Å². The van der Waals surface area contributed by atoms with Crippen LogP contribution in [0.25, 0.3) is 0 Å². The molecule has 0 unspecified atom stereocenters. The second-order valence-electron chi connectivity index (χ2n) is 6.76. The minimum Gasteiger partial charge on any atom is -0.382 e.